The van der Waals surface area contributed by atoms with Gasteiger partial charge in [-0.05, 0) is 60.7 Å². The molecule has 0 saturated heterocycles. The van der Waals surface area contributed by atoms with Gasteiger partial charge in [0.25, 0.3) is 0 Å². The van der Waals surface area contributed by atoms with E-state index in [9.17, 15) is 4.39 Å². The zero-order valence-electron chi connectivity index (χ0n) is 17.0. The smallest absolute Gasteiger partial charge is 0.121 e. The number of hydrogen-bond donors (Lipinski definition) is 1. The fourth-order valence-corrected chi connectivity index (χ4v) is 4.90. The van der Waals surface area contributed by atoms with Gasteiger partial charge in [-0.3, -0.25) is 4.39 Å². The first kappa shape index (κ1) is 20.5. The molecule has 2 N–H and O–H groups in total. The van der Waals surface area contributed by atoms with Gasteiger partial charge in [0.1, 0.15) is 29.3 Å². The van der Waals surface area contributed by atoms with E-state index >= 15 is 0 Å². The second kappa shape index (κ2) is 7.67. The first-order chi connectivity index (χ1) is 12.7. The summed E-state index contributed by atoms with van der Waals surface area (Å²) in [4.78, 5) is 0. The van der Waals surface area contributed by atoms with Gasteiger partial charge in [0, 0.05) is 11.8 Å². The summed E-state index contributed by atoms with van der Waals surface area (Å²) in [5.41, 5.74) is 8.83. The predicted octanol–water partition coefficient (Wildman–Crippen LogP) is 0.777. The zero-order chi connectivity index (χ0) is 19.7. The maximum Gasteiger partial charge on any atom is 0.121 e. The molecular formula is C20H31B3FNO2. The summed E-state index contributed by atoms with van der Waals surface area (Å²) >= 11 is 0. The summed E-state index contributed by atoms with van der Waals surface area (Å²) in [5, 5.41) is -0.113. The lowest BCUT2D eigenvalue weighted by molar-refractivity contribution is -0.0219. The Morgan fingerprint density at radius 3 is 2.59 bits per heavy atom. The van der Waals surface area contributed by atoms with E-state index in [2.05, 4.69) is 36.2 Å². The van der Waals surface area contributed by atoms with E-state index in [4.69, 9.17) is 15.2 Å². The van der Waals surface area contributed by atoms with Crippen LogP contribution in [0.15, 0.2) is 30.9 Å². The van der Waals surface area contributed by atoms with Gasteiger partial charge in [-0.2, -0.15) is 0 Å². The molecule has 7 heteroatoms. The van der Waals surface area contributed by atoms with Crippen molar-refractivity contribution in [1.82, 2.24) is 0 Å². The summed E-state index contributed by atoms with van der Waals surface area (Å²) in [6.07, 6.45) is 7.72. The van der Waals surface area contributed by atoms with Crippen molar-refractivity contribution in [2.45, 2.75) is 55.5 Å². The molecule has 2 aliphatic rings. The molecule has 2 aliphatic carbocycles. The van der Waals surface area contributed by atoms with Crippen molar-refractivity contribution in [2.24, 2.45) is 11.1 Å². The summed E-state index contributed by atoms with van der Waals surface area (Å²) < 4.78 is 24.3. The molecule has 3 nitrogen and oxygen atoms in total. The van der Waals surface area contributed by atoms with Gasteiger partial charge in [-0.15, -0.1) is 6.58 Å². The molecule has 0 aromatic heterocycles. The number of rotatable bonds is 7. The Morgan fingerprint density at radius 1 is 1.30 bits per heavy atom. The van der Waals surface area contributed by atoms with Crippen LogP contribution in [0.2, 0.25) is 0 Å². The molecule has 1 aromatic rings. The van der Waals surface area contributed by atoms with E-state index in [-0.39, 0.29) is 17.4 Å². The summed E-state index contributed by atoms with van der Waals surface area (Å²) in [6, 6.07) is 6.15. The lowest BCUT2D eigenvalue weighted by Gasteiger charge is -2.47. The van der Waals surface area contributed by atoms with Crippen LogP contribution in [0.25, 0.3) is 0 Å². The first-order valence-electron chi connectivity index (χ1n) is 10.2. The van der Waals surface area contributed by atoms with Crippen molar-refractivity contribution in [1.29, 1.82) is 0 Å². The topological polar surface area (TPSA) is 44.5 Å². The van der Waals surface area contributed by atoms with Gasteiger partial charge in [-0.25, -0.2) is 0 Å². The molecule has 3 rings (SSSR count). The highest BCUT2D eigenvalue weighted by molar-refractivity contribution is 6.58. The van der Waals surface area contributed by atoms with Crippen LogP contribution in [0, 0.1) is 5.41 Å². The summed E-state index contributed by atoms with van der Waals surface area (Å²) in [7, 11) is 6.35. The molecule has 0 heterocycles. The third-order valence-electron chi connectivity index (χ3n) is 6.21. The van der Waals surface area contributed by atoms with Crippen molar-refractivity contribution < 1.29 is 13.9 Å². The highest BCUT2D eigenvalue weighted by atomic mass is 19.1. The maximum absolute atomic E-state index is 12.3. The molecule has 1 spiro atoms. The molecule has 0 radical (unpaired) electrons. The van der Waals surface area contributed by atoms with Crippen molar-refractivity contribution in [2.75, 3.05) is 13.3 Å². The van der Waals surface area contributed by atoms with Crippen molar-refractivity contribution in [3.05, 3.63) is 42.0 Å². The van der Waals surface area contributed by atoms with Gasteiger partial charge < -0.3 is 15.2 Å². The monoisotopic (exact) mass is 369 g/mol. The second-order valence-corrected chi connectivity index (χ2v) is 9.17. The van der Waals surface area contributed by atoms with Crippen LogP contribution in [-0.4, -0.2) is 48.2 Å². The Hall–Kier alpha value is -1.20. The van der Waals surface area contributed by atoms with Crippen LogP contribution < -0.4 is 10.5 Å². The Labute approximate surface area is 165 Å². The van der Waals surface area contributed by atoms with Crippen LogP contribution in [0.1, 0.15) is 43.2 Å². The minimum Gasteiger partial charge on any atom is -0.493 e. The fraction of sp³-hybridized carbons (Fsp3) is 0.600. The zero-order valence-corrected chi connectivity index (χ0v) is 17.0. The number of ether oxygens (including phenoxy) is 2. The van der Waals surface area contributed by atoms with Gasteiger partial charge in [0.2, 0.25) is 0 Å². The largest absolute Gasteiger partial charge is 0.493 e. The molecule has 144 valence electrons. The lowest BCUT2D eigenvalue weighted by atomic mass is 9.52. The average Bonchev–Trinajstić information content (AvgIpc) is 2.85. The van der Waals surface area contributed by atoms with E-state index < -0.39 is 5.54 Å². The standard InChI is InChI=1S/C20H31B3FNO2/c1-2-19(25)17-12-16(26-11-3-10-24)5-4-14(17)13-18(19)8-6-15(7-9-18)27-20(21,22)23/h2,4-5,12,15H,1,3,6-11,13,21-23,25H2/t15-,18-,19?. The Morgan fingerprint density at radius 2 is 2.00 bits per heavy atom. The van der Waals surface area contributed by atoms with E-state index in [0.29, 0.717) is 19.1 Å². The number of hydrogen-bond acceptors (Lipinski definition) is 3. The van der Waals surface area contributed by atoms with Gasteiger partial charge in [0.05, 0.1) is 24.9 Å². The molecule has 1 aromatic carbocycles. The maximum atomic E-state index is 12.3. The SMILES string of the molecule is BC(B)(B)O[C@H]1CC[C@]2(CC1)Cc1ccc(OCCCF)cc1C2(N)C=C. The molecule has 1 unspecified atom stereocenters. The van der Waals surface area contributed by atoms with Gasteiger partial charge >= 0.3 is 0 Å². The summed E-state index contributed by atoms with van der Waals surface area (Å²) in [5.74, 6) is 0.765. The van der Waals surface area contributed by atoms with Crippen molar-refractivity contribution in [3.63, 3.8) is 0 Å². The molecule has 1 saturated carbocycles. The van der Waals surface area contributed by atoms with E-state index in [0.717, 1.165) is 43.4 Å². The lowest BCUT2D eigenvalue weighted by Crippen LogP contribution is -2.51. The fourth-order valence-electron chi connectivity index (χ4n) is 4.90. The number of halogens is 1. The van der Waals surface area contributed by atoms with E-state index in [1.807, 2.05) is 18.2 Å². The number of benzene rings is 1. The molecular weight excluding hydrogens is 338 g/mol. The summed E-state index contributed by atoms with van der Waals surface area (Å²) in [6.45, 7) is 4.12. The van der Waals surface area contributed by atoms with Crippen molar-refractivity contribution in [3.8, 4) is 5.75 Å². The number of alkyl halides is 1. The molecule has 0 aliphatic heterocycles. The molecule has 0 bridgehead atoms. The minimum absolute atomic E-state index is 0.00755. The first-order valence-corrected chi connectivity index (χ1v) is 10.2. The second-order valence-electron chi connectivity index (χ2n) is 9.17. The average molecular weight is 369 g/mol. The third-order valence-corrected chi connectivity index (χ3v) is 6.21. The van der Waals surface area contributed by atoms with Crippen LogP contribution in [0.3, 0.4) is 0 Å². The van der Waals surface area contributed by atoms with Crippen LogP contribution >= 0.6 is 0 Å². The van der Waals surface area contributed by atoms with Crippen molar-refractivity contribution >= 4 is 23.5 Å². The molecule has 0 amide bonds. The van der Waals surface area contributed by atoms with Crippen LogP contribution in [0.5, 0.6) is 5.75 Å². The van der Waals surface area contributed by atoms with Crippen LogP contribution in [-0.2, 0) is 16.7 Å². The number of nitrogens with two attached hydrogens (primary N) is 1. The molecule has 27 heavy (non-hydrogen) atoms. The minimum atomic E-state index is -0.561. The molecule has 1 atom stereocenters. The van der Waals surface area contributed by atoms with E-state index in [1.165, 1.54) is 5.56 Å². The Bertz CT molecular complexity index is 686. The normalized spacial score (nSPS) is 30.2. The predicted molar refractivity (Wildman–Crippen MR) is 116 cm³/mol. The highest BCUT2D eigenvalue weighted by Gasteiger charge is 2.55. The van der Waals surface area contributed by atoms with Gasteiger partial charge in [-0.1, -0.05) is 12.1 Å². The quantitative estimate of drug-likeness (QED) is 0.439. The van der Waals surface area contributed by atoms with Gasteiger partial charge in [0.15, 0.2) is 0 Å². The van der Waals surface area contributed by atoms with E-state index in [1.54, 1.807) is 0 Å². The third kappa shape index (κ3) is 4.00. The van der Waals surface area contributed by atoms with Crippen LogP contribution in [0.4, 0.5) is 4.39 Å². The highest BCUT2D eigenvalue weighted by Crippen LogP contribution is 2.57. The Kier molecular flexibility index (Phi) is 5.84. The number of fused-ring (bicyclic) bond motifs is 1. The molecule has 1 fully saturated rings. The Balaban J connectivity index is 1.79.